The van der Waals surface area contributed by atoms with Crippen molar-refractivity contribution in [2.75, 3.05) is 18.4 Å². The highest BCUT2D eigenvalue weighted by Crippen LogP contribution is 2.45. The number of anilines is 1. The molecule has 200 valence electrons. The van der Waals surface area contributed by atoms with Gasteiger partial charge in [0.2, 0.25) is 0 Å². The summed E-state index contributed by atoms with van der Waals surface area (Å²) in [7, 11) is 0. The molecule has 13 heteroatoms. The number of pyridine rings is 1. The number of nitrogens with one attached hydrogen (secondary N) is 1. The minimum atomic E-state index is -4.59. The number of piperidine rings is 1. The summed E-state index contributed by atoms with van der Waals surface area (Å²) < 4.78 is 61.7. The van der Waals surface area contributed by atoms with Crippen LogP contribution >= 0.6 is 11.6 Å². The molecule has 5 rings (SSSR count). The zero-order valence-electron chi connectivity index (χ0n) is 20.1. The number of carbonyl (C=O) groups excluding carboxylic acids is 2. The second kappa shape index (κ2) is 9.57. The van der Waals surface area contributed by atoms with Gasteiger partial charge in [0.15, 0.2) is 11.4 Å². The van der Waals surface area contributed by atoms with Gasteiger partial charge in [-0.3, -0.25) is 19.8 Å². The van der Waals surface area contributed by atoms with Crippen molar-refractivity contribution in [2.45, 2.75) is 44.0 Å². The zero-order chi connectivity index (χ0) is 27.2. The molecule has 4 heterocycles. The van der Waals surface area contributed by atoms with Crippen molar-refractivity contribution in [3.63, 3.8) is 0 Å². The number of nitrogens with zero attached hydrogens (tertiary/aromatic N) is 4. The molecular formula is C25H22ClF4N5O3. The molecule has 0 aliphatic carbocycles. The second-order valence-electron chi connectivity index (χ2n) is 9.23. The lowest BCUT2D eigenvalue weighted by atomic mass is 9.83. The van der Waals surface area contributed by atoms with E-state index in [0.717, 1.165) is 12.3 Å². The monoisotopic (exact) mass is 551 g/mol. The number of halogens is 5. The second-order valence-corrected chi connectivity index (χ2v) is 9.64. The van der Waals surface area contributed by atoms with E-state index in [-0.39, 0.29) is 34.8 Å². The van der Waals surface area contributed by atoms with Crippen LogP contribution in [0.4, 0.5) is 28.0 Å². The Bertz CT molecular complexity index is 1410. The number of benzene rings is 1. The minimum absolute atomic E-state index is 0.0852. The Hall–Kier alpha value is -3.67. The zero-order valence-corrected chi connectivity index (χ0v) is 20.8. The van der Waals surface area contributed by atoms with Gasteiger partial charge in [0.1, 0.15) is 5.69 Å². The van der Waals surface area contributed by atoms with Gasteiger partial charge in [0.25, 0.3) is 5.91 Å². The molecule has 8 nitrogen and oxygen atoms in total. The molecule has 2 amide bonds. The molecule has 2 aromatic heterocycles. The van der Waals surface area contributed by atoms with E-state index in [1.54, 1.807) is 6.92 Å². The molecule has 1 fully saturated rings. The Morgan fingerprint density at radius 1 is 1.32 bits per heavy atom. The number of alkyl halides is 3. The van der Waals surface area contributed by atoms with Crippen molar-refractivity contribution in [1.82, 2.24) is 19.7 Å². The van der Waals surface area contributed by atoms with Gasteiger partial charge < -0.3 is 9.64 Å². The van der Waals surface area contributed by atoms with Crippen LogP contribution in [0.15, 0.2) is 42.9 Å². The van der Waals surface area contributed by atoms with E-state index in [9.17, 15) is 22.8 Å². The Labute approximate surface area is 219 Å². The number of hydrogen-bond donors (Lipinski definition) is 1. The van der Waals surface area contributed by atoms with Crippen LogP contribution in [-0.2, 0) is 16.5 Å². The number of fused-ring (bicyclic) bond motifs is 2. The molecule has 0 bridgehead atoms. The lowest BCUT2D eigenvalue weighted by Crippen LogP contribution is -2.53. The summed E-state index contributed by atoms with van der Waals surface area (Å²) in [4.78, 5) is 30.6. The van der Waals surface area contributed by atoms with Gasteiger partial charge in [-0.2, -0.15) is 18.3 Å². The van der Waals surface area contributed by atoms with E-state index >= 15 is 4.39 Å². The summed E-state index contributed by atoms with van der Waals surface area (Å²) >= 11 is 6.01. The molecule has 2 atom stereocenters. The average molecular weight is 552 g/mol. The lowest BCUT2D eigenvalue weighted by Gasteiger charge is -2.45. The number of hydrogen-bond acceptors (Lipinski definition) is 5. The number of likely N-dealkylation sites (tertiary alicyclic amines) is 1. The van der Waals surface area contributed by atoms with Crippen LogP contribution in [0.5, 0.6) is 0 Å². The normalized spacial score (nSPS) is 20.1. The number of carbonyl (C=O) groups is 2. The fourth-order valence-corrected chi connectivity index (χ4v) is 5.29. The first kappa shape index (κ1) is 26.0. The Morgan fingerprint density at radius 3 is 2.84 bits per heavy atom. The topological polar surface area (TPSA) is 89.4 Å². The number of ether oxygens (including phenoxy) is 1. The predicted octanol–water partition coefficient (Wildman–Crippen LogP) is 5.78. The Morgan fingerprint density at radius 2 is 2.11 bits per heavy atom. The Balaban J connectivity index is 1.42. The van der Waals surface area contributed by atoms with E-state index in [4.69, 9.17) is 16.3 Å². The first-order valence-corrected chi connectivity index (χ1v) is 12.3. The molecule has 0 radical (unpaired) electrons. The third-order valence-electron chi connectivity index (χ3n) is 6.83. The van der Waals surface area contributed by atoms with Crippen molar-refractivity contribution in [3.8, 4) is 0 Å². The summed E-state index contributed by atoms with van der Waals surface area (Å²) in [6.07, 6.45) is -0.352. The van der Waals surface area contributed by atoms with Crippen LogP contribution in [0.3, 0.4) is 0 Å². The number of aromatic nitrogens is 3. The maximum atomic E-state index is 15.1. The maximum Gasteiger partial charge on any atom is 0.433 e. The highest BCUT2D eigenvalue weighted by Gasteiger charge is 2.48. The largest absolute Gasteiger partial charge is 0.436 e. The lowest BCUT2D eigenvalue weighted by molar-refractivity contribution is -0.141. The first-order valence-electron chi connectivity index (χ1n) is 11.9. The fraction of sp³-hybridized carbons (Fsp3) is 0.360. The molecule has 2 aliphatic heterocycles. The number of amides is 2. The van der Waals surface area contributed by atoms with Gasteiger partial charge in [-0.1, -0.05) is 18.5 Å². The highest BCUT2D eigenvalue weighted by molar-refractivity contribution is 6.31. The van der Waals surface area contributed by atoms with E-state index in [1.807, 2.05) is 0 Å². The molecule has 38 heavy (non-hydrogen) atoms. The molecule has 1 spiro atoms. The van der Waals surface area contributed by atoms with Gasteiger partial charge in [0, 0.05) is 18.9 Å². The van der Waals surface area contributed by atoms with Crippen LogP contribution < -0.4 is 5.32 Å². The maximum absolute atomic E-state index is 15.1. The summed E-state index contributed by atoms with van der Waals surface area (Å²) in [5, 5.41) is 6.58. The molecular weight excluding hydrogens is 530 g/mol. The molecule has 1 N–H and O–H groups in total. The summed E-state index contributed by atoms with van der Waals surface area (Å²) in [6.45, 7) is 2.01. The molecule has 1 unspecified atom stereocenters. The van der Waals surface area contributed by atoms with Crippen molar-refractivity contribution in [1.29, 1.82) is 0 Å². The predicted molar refractivity (Wildman–Crippen MR) is 128 cm³/mol. The molecule has 1 aromatic carbocycles. The molecule has 1 saturated heterocycles. The fourth-order valence-electron chi connectivity index (χ4n) is 5.13. The van der Waals surface area contributed by atoms with E-state index < -0.39 is 41.3 Å². The molecule has 0 saturated carbocycles. The van der Waals surface area contributed by atoms with Crippen LogP contribution in [0.1, 0.15) is 59.4 Å². The minimum Gasteiger partial charge on any atom is -0.436 e. The van der Waals surface area contributed by atoms with Gasteiger partial charge in [-0.05, 0) is 49.1 Å². The molecule has 3 aromatic rings. The quantitative estimate of drug-likeness (QED) is 0.415. The van der Waals surface area contributed by atoms with E-state index in [0.29, 0.717) is 24.9 Å². The van der Waals surface area contributed by atoms with Crippen LogP contribution in [0, 0.1) is 5.82 Å². The summed E-state index contributed by atoms with van der Waals surface area (Å²) in [6, 6.07) is 4.70. The Kier molecular flexibility index (Phi) is 6.54. The van der Waals surface area contributed by atoms with Crippen LogP contribution in [0.2, 0.25) is 5.02 Å². The van der Waals surface area contributed by atoms with Crippen molar-refractivity contribution in [3.05, 3.63) is 76.1 Å². The third-order valence-corrected chi connectivity index (χ3v) is 7.12. The SMILES string of the molecule is CCC(c1ccnc(C(F)(F)F)c1)n1cc(C(=O)N2CCC[C@@]3(C2)OC(=O)Nc2ccc(Cl)c(F)c23)cn1. The van der Waals surface area contributed by atoms with Gasteiger partial charge in [-0.15, -0.1) is 0 Å². The smallest absolute Gasteiger partial charge is 0.433 e. The van der Waals surface area contributed by atoms with E-state index in [2.05, 4.69) is 15.4 Å². The van der Waals surface area contributed by atoms with Crippen molar-refractivity contribution in [2.24, 2.45) is 0 Å². The van der Waals surface area contributed by atoms with Crippen molar-refractivity contribution < 1.29 is 31.9 Å². The van der Waals surface area contributed by atoms with Crippen LogP contribution in [-0.4, -0.2) is 44.8 Å². The first-order chi connectivity index (χ1) is 18.0. The molecule has 2 aliphatic rings. The highest BCUT2D eigenvalue weighted by atomic mass is 35.5. The van der Waals surface area contributed by atoms with Crippen molar-refractivity contribution >= 4 is 29.3 Å². The average Bonchev–Trinajstić information content (AvgIpc) is 3.35. The van der Waals surface area contributed by atoms with Gasteiger partial charge in [0.05, 0.1) is 40.6 Å². The van der Waals surface area contributed by atoms with Gasteiger partial charge >= 0.3 is 12.3 Å². The van der Waals surface area contributed by atoms with E-state index in [1.165, 1.54) is 40.2 Å². The van der Waals surface area contributed by atoms with Gasteiger partial charge in [-0.25, -0.2) is 9.18 Å². The summed E-state index contributed by atoms with van der Waals surface area (Å²) in [5.74, 6) is -1.16. The standard InChI is InChI=1S/C25H22ClF4N5O3/c1-2-18(14-6-8-31-19(10-14)25(28,29)30)35-12-15(11-32-35)22(36)34-9-3-7-24(13-34)20-17(33-23(37)38-24)5-4-16(26)21(20)27/h4-6,8,10-12,18H,2-3,7,9,13H2,1H3,(H,33,37)/t18?,24-/m0/s1. The summed E-state index contributed by atoms with van der Waals surface area (Å²) in [5.41, 5.74) is -1.58. The number of rotatable bonds is 4. The van der Waals surface area contributed by atoms with Crippen LogP contribution in [0.25, 0.3) is 0 Å². The third kappa shape index (κ3) is 4.57.